The summed E-state index contributed by atoms with van der Waals surface area (Å²) >= 11 is 1.58. The number of carbonyl (C=O) groups excluding carboxylic acids is 1. The van der Waals surface area contributed by atoms with Gasteiger partial charge < -0.3 is 19.8 Å². The predicted octanol–water partition coefficient (Wildman–Crippen LogP) is 4.84. The zero-order valence-electron chi connectivity index (χ0n) is 17.7. The van der Waals surface area contributed by atoms with Gasteiger partial charge >= 0.3 is 0 Å². The summed E-state index contributed by atoms with van der Waals surface area (Å²) < 4.78 is 12.6. The number of methoxy groups -OCH3 is 1. The number of ether oxygens (including phenoxy) is 1. The largest absolute Gasteiger partial charge is 0.495 e. The molecular formula is C23H21N5O3S. The Morgan fingerprint density at radius 1 is 1.22 bits per heavy atom. The molecular weight excluding hydrogens is 426 g/mol. The summed E-state index contributed by atoms with van der Waals surface area (Å²) in [6.07, 6.45) is 1.58. The van der Waals surface area contributed by atoms with Gasteiger partial charge in [0, 0.05) is 10.6 Å². The van der Waals surface area contributed by atoms with Gasteiger partial charge in [0.25, 0.3) is 5.91 Å². The number of furan rings is 1. The summed E-state index contributed by atoms with van der Waals surface area (Å²) in [5.74, 6) is 1.93. The summed E-state index contributed by atoms with van der Waals surface area (Å²) in [6.45, 7) is 3.90. The number of benzene rings is 1. The van der Waals surface area contributed by atoms with E-state index < -0.39 is 6.04 Å². The number of nitrogens with zero attached hydrogens (tertiary/aromatic N) is 3. The number of anilines is 2. The number of fused-ring (bicyclic) bond motifs is 1. The van der Waals surface area contributed by atoms with Crippen molar-refractivity contribution in [2.24, 2.45) is 0 Å². The van der Waals surface area contributed by atoms with Gasteiger partial charge in [0.2, 0.25) is 11.8 Å². The zero-order valence-corrected chi connectivity index (χ0v) is 18.6. The first-order valence-corrected chi connectivity index (χ1v) is 10.9. The summed E-state index contributed by atoms with van der Waals surface area (Å²) in [7, 11) is 1.58. The van der Waals surface area contributed by atoms with Crippen LogP contribution in [0.4, 0.5) is 11.6 Å². The molecule has 32 heavy (non-hydrogen) atoms. The van der Waals surface area contributed by atoms with Crippen LogP contribution in [-0.4, -0.2) is 27.8 Å². The first-order valence-electron chi connectivity index (χ1n) is 10.0. The van der Waals surface area contributed by atoms with Crippen LogP contribution in [0.3, 0.4) is 0 Å². The van der Waals surface area contributed by atoms with Gasteiger partial charge in [0.05, 0.1) is 24.6 Å². The predicted molar refractivity (Wildman–Crippen MR) is 123 cm³/mol. The maximum absolute atomic E-state index is 13.6. The molecule has 0 saturated carbocycles. The van der Waals surface area contributed by atoms with Gasteiger partial charge in [-0.3, -0.25) is 4.79 Å². The highest BCUT2D eigenvalue weighted by molar-refractivity contribution is 7.10. The minimum atomic E-state index is -0.433. The highest BCUT2D eigenvalue weighted by Crippen LogP contribution is 2.40. The average molecular weight is 448 g/mol. The van der Waals surface area contributed by atoms with Crippen LogP contribution in [0.5, 0.6) is 5.75 Å². The molecule has 1 aliphatic rings. The van der Waals surface area contributed by atoms with Crippen LogP contribution in [0.2, 0.25) is 0 Å². The SMILES string of the molecule is COc1ccccc1NC(=O)C1=C(C)Nc2nc(-c3ccco3)nn2C1c1sccc1C. The van der Waals surface area contributed by atoms with E-state index in [1.165, 1.54) is 0 Å². The molecule has 0 spiro atoms. The van der Waals surface area contributed by atoms with Crippen LogP contribution < -0.4 is 15.4 Å². The van der Waals surface area contributed by atoms with E-state index in [0.717, 1.165) is 10.4 Å². The molecule has 0 bridgehead atoms. The Kier molecular flexibility index (Phi) is 5.02. The molecule has 1 aromatic carbocycles. The first kappa shape index (κ1) is 20.1. The lowest BCUT2D eigenvalue weighted by Gasteiger charge is -2.28. The molecule has 4 aromatic rings. The van der Waals surface area contributed by atoms with Gasteiger partial charge in [0.15, 0.2) is 5.76 Å². The first-order chi connectivity index (χ1) is 15.6. The molecule has 8 nitrogen and oxygen atoms in total. The summed E-state index contributed by atoms with van der Waals surface area (Å²) in [4.78, 5) is 19.2. The number of allylic oxidation sites excluding steroid dienone is 1. The van der Waals surface area contributed by atoms with Crippen LogP contribution in [0, 0.1) is 6.92 Å². The average Bonchev–Trinajstić information content (AvgIpc) is 3.53. The van der Waals surface area contributed by atoms with Crippen molar-refractivity contribution in [1.82, 2.24) is 14.8 Å². The van der Waals surface area contributed by atoms with Gasteiger partial charge in [-0.15, -0.1) is 16.4 Å². The van der Waals surface area contributed by atoms with E-state index in [1.54, 1.807) is 35.5 Å². The molecule has 2 N–H and O–H groups in total. The number of para-hydroxylation sites is 2. The molecule has 0 radical (unpaired) electrons. The highest BCUT2D eigenvalue weighted by atomic mass is 32.1. The number of rotatable bonds is 5. The molecule has 0 aliphatic carbocycles. The van der Waals surface area contributed by atoms with Crippen molar-refractivity contribution in [2.45, 2.75) is 19.9 Å². The highest BCUT2D eigenvalue weighted by Gasteiger charge is 2.36. The second-order valence-corrected chi connectivity index (χ2v) is 8.32. The summed E-state index contributed by atoms with van der Waals surface area (Å²) in [5, 5.41) is 13.0. The molecule has 1 atom stereocenters. The van der Waals surface area contributed by atoms with Crippen molar-refractivity contribution in [3.8, 4) is 17.3 Å². The van der Waals surface area contributed by atoms with E-state index in [-0.39, 0.29) is 5.91 Å². The van der Waals surface area contributed by atoms with Gasteiger partial charge in [-0.2, -0.15) is 4.98 Å². The van der Waals surface area contributed by atoms with Gasteiger partial charge in [0.1, 0.15) is 11.8 Å². The van der Waals surface area contributed by atoms with Crippen LogP contribution in [-0.2, 0) is 4.79 Å². The number of nitrogens with one attached hydrogen (secondary N) is 2. The van der Waals surface area contributed by atoms with Crippen LogP contribution in [0.1, 0.15) is 23.4 Å². The number of thiophene rings is 1. The number of amides is 1. The number of aryl methyl sites for hydroxylation is 1. The maximum atomic E-state index is 13.6. The molecule has 0 saturated heterocycles. The molecule has 5 rings (SSSR count). The molecule has 1 unspecified atom stereocenters. The molecule has 0 fully saturated rings. The molecule has 1 aliphatic heterocycles. The third-order valence-corrected chi connectivity index (χ3v) is 6.42. The fourth-order valence-electron chi connectivity index (χ4n) is 3.80. The third-order valence-electron chi connectivity index (χ3n) is 5.34. The minimum Gasteiger partial charge on any atom is -0.495 e. The topological polar surface area (TPSA) is 94.2 Å². The molecule has 4 heterocycles. The minimum absolute atomic E-state index is 0.238. The smallest absolute Gasteiger partial charge is 0.256 e. The van der Waals surface area contributed by atoms with E-state index in [2.05, 4.69) is 15.6 Å². The van der Waals surface area contributed by atoms with E-state index in [9.17, 15) is 4.79 Å². The van der Waals surface area contributed by atoms with Crippen molar-refractivity contribution >= 4 is 28.9 Å². The number of hydrogen-bond acceptors (Lipinski definition) is 7. The van der Waals surface area contributed by atoms with E-state index in [1.807, 2.05) is 55.6 Å². The van der Waals surface area contributed by atoms with Crippen LogP contribution in [0.25, 0.3) is 11.6 Å². The Morgan fingerprint density at radius 3 is 2.78 bits per heavy atom. The normalized spacial score (nSPS) is 15.3. The Balaban J connectivity index is 1.60. The van der Waals surface area contributed by atoms with Crippen molar-refractivity contribution in [2.75, 3.05) is 17.7 Å². The van der Waals surface area contributed by atoms with E-state index in [0.29, 0.717) is 40.2 Å². The molecule has 9 heteroatoms. The van der Waals surface area contributed by atoms with Crippen LogP contribution >= 0.6 is 11.3 Å². The van der Waals surface area contributed by atoms with Gasteiger partial charge in [-0.05, 0) is 55.1 Å². The van der Waals surface area contributed by atoms with E-state index >= 15 is 0 Å². The summed E-state index contributed by atoms with van der Waals surface area (Å²) in [5.41, 5.74) is 2.95. The number of carbonyl (C=O) groups is 1. The summed E-state index contributed by atoms with van der Waals surface area (Å²) in [6, 6.07) is 12.5. The zero-order chi connectivity index (χ0) is 22.2. The Morgan fingerprint density at radius 2 is 2.06 bits per heavy atom. The Bertz CT molecular complexity index is 1320. The number of aromatic nitrogens is 3. The Labute approximate surface area is 188 Å². The van der Waals surface area contributed by atoms with Crippen molar-refractivity contribution < 1.29 is 13.9 Å². The van der Waals surface area contributed by atoms with Gasteiger partial charge in [-0.25, -0.2) is 4.68 Å². The second kappa shape index (κ2) is 8.01. The van der Waals surface area contributed by atoms with E-state index in [4.69, 9.17) is 14.3 Å². The lowest BCUT2D eigenvalue weighted by atomic mass is 9.98. The van der Waals surface area contributed by atoms with Gasteiger partial charge in [-0.1, -0.05) is 12.1 Å². The maximum Gasteiger partial charge on any atom is 0.256 e. The fraction of sp³-hybridized carbons (Fsp3) is 0.174. The van der Waals surface area contributed by atoms with Crippen molar-refractivity contribution in [1.29, 1.82) is 0 Å². The standard InChI is InChI=1S/C23H21N5O3S/c1-13-10-12-32-20(13)19-18(22(29)25-15-7-4-5-8-16(15)30-3)14(2)24-23-26-21(27-28(19)23)17-9-6-11-31-17/h4-12,19H,1-3H3,(H,25,29)(H,24,26,27). The molecule has 3 aromatic heterocycles. The fourth-order valence-corrected chi connectivity index (χ4v) is 4.82. The molecule has 162 valence electrons. The monoisotopic (exact) mass is 447 g/mol. The van der Waals surface area contributed by atoms with Crippen molar-refractivity contribution in [3.05, 3.63) is 75.8 Å². The van der Waals surface area contributed by atoms with Crippen LogP contribution in [0.15, 0.2) is 69.8 Å². The quantitative estimate of drug-likeness (QED) is 0.454. The third kappa shape index (κ3) is 3.36. The molecule has 1 amide bonds. The number of hydrogen-bond donors (Lipinski definition) is 2. The van der Waals surface area contributed by atoms with Crippen molar-refractivity contribution in [3.63, 3.8) is 0 Å². The Hall–Kier alpha value is -3.85. The second-order valence-electron chi connectivity index (χ2n) is 7.37. The lowest BCUT2D eigenvalue weighted by Crippen LogP contribution is -2.31. The lowest BCUT2D eigenvalue weighted by molar-refractivity contribution is -0.113.